The van der Waals surface area contributed by atoms with Gasteiger partial charge in [-0.15, -0.1) is 10.2 Å². The molecule has 7 heteroatoms. The molecule has 0 bridgehead atoms. The number of ether oxygens (including phenoxy) is 1. The minimum absolute atomic E-state index is 0.0170. The van der Waals surface area contributed by atoms with E-state index < -0.39 is 0 Å². The monoisotopic (exact) mass is 297 g/mol. The van der Waals surface area contributed by atoms with E-state index in [-0.39, 0.29) is 17.3 Å². The minimum Gasteiger partial charge on any atom is -0.416 e. The molecule has 1 aromatic heterocycles. The fourth-order valence-corrected chi connectivity index (χ4v) is 2.85. The molecule has 1 amide bonds. The highest BCUT2D eigenvalue weighted by Crippen LogP contribution is 2.40. The summed E-state index contributed by atoms with van der Waals surface area (Å²) in [5.41, 5.74) is 0. The van der Waals surface area contributed by atoms with Gasteiger partial charge in [0.05, 0.1) is 11.4 Å². The van der Waals surface area contributed by atoms with Crippen molar-refractivity contribution in [2.24, 2.45) is 0 Å². The summed E-state index contributed by atoms with van der Waals surface area (Å²) in [5.74, 6) is 1.14. The number of amides is 1. The Balaban J connectivity index is 1.44. The Labute approximate surface area is 122 Å². The average Bonchev–Trinajstić information content (AvgIpc) is 2.98. The highest BCUT2D eigenvalue weighted by Gasteiger charge is 2.30. The molecule has 2 heterocycles. The fourth-order valence-electron chi connectivity index (χ4n) is 2.13. The van der Waals surface area contributed by atoms with Gasteiger partial charge < -0.3 is 14.5 Å². The van der Waals surface area contributed by atoms with E-state index in [9.17, 15) is 4.79 Å². The Morgan fingerprint density at radius 1 is 1.45 bits per heavy atom. The van der Waals surface area contributed by atoms with Crippen LogP contribution < -0.4 is 5.32 Å². The number of carbonyl (C=O) groups excluding carboxylic acids is 1. The average molecular weight is 297 g/mol. The molecule has 1 aliphatic heterocycles. The molecule has 2 fully saturated rings. The van der Waals surface area contributed by atoms with Gasteiger partial charge in [0, 0.05) is 19.1 Å². The molecule has 2 atom stereocenters. The first-order valence-corrected chi connectivity index (χ1v) is 7.99. The van der Waals surface area contributed by atoms with Crippen molar-refractivity contribution >= 4 is 17.7 Å². The molecule has 0 spiro atoms. The molecule has 0 aromatic carbocycles. The third-order valence-corrected chi connectivity index (χ3v) is 4.46. The third-order valence-electron chi connectivity index (χ3n) is 3.52. The topological polar surface area (TPSA) is 77.2 Å². The van der Waals surface area contributed by atoms with Gasteiger partial charge >= 0.3 is 0 Å². The van der Waals surface area contributed by atoms with E-state index in [1.165, 1.54) is 11.8 Å². The van der Waals surface area contributed by atoms with Crippen LogP contribution in [-0.4, -0.2) is 40.6 Å². The maximum Gasteiger partial charge on any atom is 0.277 e. The van der Waals surface area contributed by atoms with E-state index in [4.69, 9.17) is 9.15 Å². The maximum atomic E-state index is 12.0. The van der Waals surface area contributed by atoms with Crippen molar-refractivity contribution in [1.82, 2.24) is 15.5 Å². The molecule has 3 rings (SSSR count). The number of aromatic nitrogens is 2. The lowest BCUT2D eigenvalue weighted by Crippen LogP contribution is -2.36. The molecule has 1 saturated heterocycles. The molecule has 20 heavy (non-hydrogen) atoms. The van der Waals surface area contributed by atoms with Crippen LogP contribution in [0.4, 0.5) is 0 Å². The first-order chi connectivity index (χ1) is 9.72. The van der Waals surface area contributed by atoms with Crippen LogP contribution in [0, 0.1) is 0 Å². The molecule has 1 aliphatic carbocycles. The van der Waals surface area contributed by atoms with Gasteiger partial charge in [0.15, 0.2) is 0 Å². The summed E-state index contributed by atoms with van der Waals surface area (Å²) in [4.78, 5) is 12.0. The van der Waals surface area contributed by atoms with Crippen molar-refractivity contribution in [2.75, 3.05) is 13.2 Å². The zero-order valence-electron chi connectivity index (χ0n) is 11.5. The summed E-state index contributed by atoms with van der Waals surface area (Å²) >= 11 is 1.31. The number of carbonyl (C=O) groups is 1. The summed E-state index contributed by atoms with van der Waals surface area (Å²) in [7, 11) is 0. The Morgan fingerprint density at radius 2 is 2.30 bits per heavy atom. The number of thioether (sulfide) groups is 1. The standard InChI is InChI=1S/C13H19N3O3S/c1-8(11(17)14-7-10-3-2-6-18-10)20-13-16-15-12(19-13)9-4-5-9/h8-10H,2-7H2,1H3,(H,14,17)/t8-,10+/m1/s1. The molecule has 1 aromatic rings. The van der Waals surface area contributed by atoms with Crippen LogP contribution in [0.3, 0.4) is 0 Å². The normalized spacial score (nSPS) is 23.8. The Kier molecular flexibility index (Phi) is 4.26. The Hall–Kier alpha value is -1.08. The van der Waals surface area contributed by atoms with Gasteiger partial charge in [-0.25, -0.2) is 0 Å². The van der Waals surface area contributed by atoms with Crippen LogP contribution in [0.5, 0.6) is 0 Å². The molecule has 110 valence electrons. The number of rotatable bonds is 6. The Bertz CT molecular complexity index is 469. The molecule has 1 N–H and O–H groups in total. The first-order valence-electron chi connectivity index (χ1n) is 7.12. The van der Waals surface area contributed by atoms with Gasteiger partial charge in [-0.3, -0.25) is 4.79 Å². The SMILES string of the molecule is C[C@@H](Sc1nnc(C2CC2)o1)C(=O)NC[C@@H]1CCCO1. The van der Waals surface area contributed by atoms with Crippen molar-refractivity contribution in [3.63, 3.8) is 0 Å². The highest BCUT2D eigenvalue weighted by atomic mass is 32.2. The van der Waals surface area contributed by atoms with E-state index in [1.54, 1.807) is 0 Å². The van der Waals surface area contributed by atoms with Crippen molar-refractivity contribution in [3.05, 3.63) is 5.89 Å². The zero-order valence-corrected chi connectivity index (χ0v) is 12.3. The smallest absolute Gasteiger partial charge is 0.277 e. The van der Waals surface area contributed by atoms with Crippen LogP contribution in [-0.2, 0) is 9.53 Å². The second kappa shape index (κ2) is 6.13. The summed E-state index contributed by atoms with van der Waals surface area (Å²) in [6.07, 6.45) is 4.53. The highest BCUT2D eigenvalue weighted by molar-refractivity contribution is 8.00. The van der Waals surface area contributed by atoms with Gasteiger partial charge in [0.25, 0.3) is 5.22 Å². The van der Waals surface area contributed by atoms with Gasteiger partial charge in [0.1, 0.15) is 0 Å². The van der Waals surface area contributed by atoms with Gasteiger partial charge in [-0.2, -0.15) is 0 Å². The zero-order chi connectivity index (χ0) is 13.9. The summed E-state index contributed by atoms with van der Waals surface area (Å²) in [6, 6.07) is 0. The summed E-state index contributed by atoms with van der Waals surface area (Å²) in [6.45, 7) is 3.23. The van der Waals surface area contributed by atoms with E-state index in [2.05, 4.69) is 15.5 Å². The Morgan fingerprint density at radius 3 is 3.00 bits per heavy atom. The second-order valence-corrected chi connectivity index (χ2v) is 6.61. The maximum absolute atomic E-state index is 12.0. The fraction of sp³-hybridized carbons (Fsp3) is 0.769. The van der Waals surface area contributed by atoms with Crippen molar-refractivity contribution in [1.29, 1.82) is 0 Å². The van der Waals surface area contributed by atoms with Gasteiger partial charge in [0.2, 0.25) is 11.8 Å². The number of nitrogens with zero attached hydrogens (tertiary/aromatic N) is 2. The second-order valence-electron chi connectivity index (χ2n) is 5.32. The lowest BCUT2D eigenvalue weighted by molar-refractivity contribution is -0.120. The molecule has 0 unspecified atom stereocenters. The van der Waals surface area contributed by atoms with E-state index in [1.807, 2.05) is 6.92 Å². The predicted octanol–water partition coefficient (Wildman–Crippen LogP) is 1.72. The molecule has 2 aliphatic rings. The van der Waals surface area contributed by atoms with Crippen molar-refractivity contribution in [2.45, 2.75) is 55.1 Å². The van der Waals surface area contributed by atoms with Gasteiger partial charge in [-0.1, -0.05) is 11.8 Å². The van der Waals surface area contributed by atoms with Crippen LogP contribution in [0.1, 0.15) is 44.4 Å². The lowest BCUT2D eigenvalue weighted by atomic mass is 10.2. The summed E-state index contributed by atoms with van der Waals surface area (Å²) in [5, 5.41) is 11.1. The van der Waals surface area contributed by atoms with E-state index in [0.29, 0.717) is 23.6 Å². The number of hydrogen-bond acceptors (Lipinski definition) is 6. The van der Waals surface area contributed by atoms with Crippen LogP contribution in [0.2, 0.25) is 0 Å². The van der Waals surface area contributed by atoms with Crippen LogP contribution >= 0.6 is 11.8 Å². The number of nitrogens with one attached hydrogen (secondary N) is 1. The van der Waals surface area contributed by atoms with Gasteiger partial charge in [-0.05, 0) is 32.6 Å². The number of hydrogen-bond donors (Lipinski definition) is 1. The predicted molar refractivity (Wildman–Crippen MR) is 73.6 cm³/mol. The van der Waals surface area contributed by atoms with Crippen LogP contribution in [0.25, 0.3) is 0 Å². The molecular formula is C13H19N3O3S. The quantitative estimate of drug-likeness (QED) is 0.806. The summed E-state index contributed by atoms with van der Waals surface area (Å²) < 4.78 is 11.0. The van der Waals surface area contributed by atoms with E-state index in [0.717, 1.165) is 32.3 Å². The van der Waals surface area contributed by atoms with Crippen LogP contribution in [0.15, 0.2) is 9.64 Å². The van der Waals surface area contributed by atoms with Crippen molar-refractivity contribution < 1.29 is 13.9 Å². The molecule has 0 radical (unpaired) electrons. The largest absolute Gasteiger partial charge is 0.416 e. The molecule has 1 saturated carbocycles. The first kappa shape index (κ1) is 13.9. The van der Waals surface area contributed by atoms with E-state index >= 15 is 0 Å². The molecule has 6 nitrogen and oxygen atoms in total. The molecular weight excluding hydrogens is 278 g/mol. The third kappa shape index (κ3) is 3.52. The van der Waals surface area contributed by atoms with Crippen molar-refractivity contribution in [3.8, 4) is 0 Å². The lowest BCUT2D eigenvalue weighted by Gasteiger charge is -2.13. The minimum atomic E-state index is -0.246.